The second-order valence-corrected chi connectivity index (χ2v) is 12.1. The fourth-order valence-electron chi connectivity index (χ4n) is 3.33. The lowest BCUT2D eigenvalue weighted by Crippen LogP contribution is -2.43. The second kappa shape index (κ2) is 6.95. The largest absolute Gasteiger partial charge is 0.146 e. The van der Waals surface area contributed by atoms with Crippen LogP contribution in [0, 0.1) is 11.5 Å². The predicted octanol–water partition coefficient (Wildman–Crippen LogP) is 5.92. The molecule has 1 rings (SSSR count). The van der Waals surface area contributed by atoms with E-state index in [4.69, 9.17) is 0 Å². The van der Waals surface area contributed by atoms with Gasteiger partial charge in [-0.3, -0.25) is 0 Å². The molecule has 0 aliphatic heterocycles. The molecule has 1 heteroatoms. The van der Waals surface area contributed by atoms with Crippen molar-refractivity contribution >= 4 is 13.6 Å². The van der Waals surface area contributed by atoms with E-state index in [1.807, 2.05) is 18.2 Å². The Morgan fingerprint density at radius 1 is 0.900 bits per heavy atom. The fraction of sp³-hybridized carbons (Fsp3) is 0.474. The number of hydrogen-bond acceptors (Lipinski definition) is 0. The summed E-state index contributed by atoms with van der Waals surface area (Å²) in [7, 11) is -1.65. The molecule has 20 heavy (non-hydrogen) atoms. The first-order valence-electron chi connectivity index (χ1n) is 7.59. The van der Waals surface area contributed by atoms with Gasteiger partial charge in [0, 0.05) is 5.57 Å². The zero-order chi connectivity index (χ0) is 15.3. The quantitative estimate of drug-likeness (QED) is 0.475. The molecule has 0 aliphatic rings. The first-order valence-corrected chi connectivity index (χ1v) is 9.83. The van der Waals surface area contributed by atoms with E-state index in [2.05, 4.69) is 71.7 Å². The molecule has 108 valence electrons. The van der Waals surface area contributed by atoms with E-state index in [0.717, 1.165) is 11.1 Å². The minimum absolute atomic E-state index is 0.665. The summed E-state index contributed by atoms with van der Waals surface area (Å²) in [5, 5.41) is 0. The van der Waals surface area contributed by atoms with Crippen LogP contribution in [0.5, 0.6) is 0 Å². The van der Waals surface area contributed by atoms with E-state index in [1.54, 1.807) is 0 Å². The Hall–Kier alpha value is -1.26. The lowest BCUT2D eigenvalue weighted by molar-refractivity contribution is 0.838. The SMILES string of the molecule is C=C(C#C[Si](C(C)C)(C(C)C)C(C)C)c1ccccc1. The van der Waals surface area contributed by atoms with Gasteiger partial charge in [-0.1, -0.05) is 84.4 Å². The van der Waals surface area contributed by atoms with Crippen LogP contribution in [0.15, 0.2) is 36.9 Å². The summed E-state index contributed by atoms with van der Waals surface area (Å²) in [5.41, 5.74) is 7.80. The van der Waals surface area contributed by atoms with Gasteiger partial charge >= 0.3 is 0 Å². The van der Waals surface area contributed by atoms with Gasteiger partial charge in [0.1, 0.15) is 8.07 Å². The highest BCUT2D eigenvalue weighted by atomic mass is 28.3. The number of rotatable bonds is 4. The average Bonchev–Trinajstić information content (AvgIpc) is 2.38. The van der Waals surface area contributed by atoms with Gasteiger partial charge in [0.05, 0.1) is 0 Å². The number of hydrogen-bond donors (Lipinski definition) is 0. The van der Waals surface area contributed by atoms with Crippen LogP contribution in [-0.2, 0) is 0 Å². The van der Waals surface area contributed by atoms with E-state index in [-0.39, 0.29) is 0 Å². The molecular weight excluding hydrogens is 256 g/mol. The second-order valence-electron chi connectivity index (χ2n) is 6.49. The minimum atomic E-state index is -1.65. The molecule has 1 aromatic carbocycles. The van der Waals surface area contributed by atoms with E-state index in [1.165, 1.54) is 0 Å². The molecular formula is C19H28Si. The van der Waals surface area contributed by atoms with Crippen LogP contribution in [0.3, 0.4) is 0 Å². The van der Waals surface area contributed by atoms with Crippen molar-refractivity contribution in [3.63, 3.8) is 0 Å². The Morgan fingerprint density at radius 2 is 1.35 bits per heavy atom. The maximum absolute atomic E-state index is 4.15. The molecule has 0 nitrogen and oxygen atoms in total. The zero-order valence-corrected chi connectivity index (χ0v) is 14.8. The third kappa shape index (κ3) is 3.44. The summed E-state index contributed by atoms with van der Waals surface area (Å²) in [6, 6.07) is 10.3. The molecule has 0 fully saturated rings. The smallest absolute Gasteiger partial charge is 0.125 e. The van der Waals surface area contributed by atoms with Crippen LogP contribution in [0.4, 0.5) is 0 Å². The van der Waals surface area contributed by atoms with E-state index in [0.29, 0.717) is 16.6 Å². The molecule has 0 unspecified atom stereocenters. The Kier molecular flexibility index (Phi) is 5.83. The van der Waals surface area contributed by atoms with Crippen molar-refractivity contribution < 1.29 is 0 Å². The van der Waals surface area contributed by atoms with Crippen molar-refractivity contribution in [3.8, 4) is 11.5 Å². The minimum Gasteiger partial charge on any atom is -0.125 e. The topological polar surface area (TPSA) is 0 Å². The zero-order valence-electron chi connectivity index (χ0n) is 13.8. The van der Waals surface area contributed by atoms with Gasteiger partial charge in [-0.2, -0.15) is 0 Å². The van der Waals surface area contributed by atoms with E-state index >= 15 is 0 Å². The monoisotopic (exact) mass is 284 g/mol. The van der Waals surface area contributed by atoms with Crippen molar-refractivity contribution in [2.24, 2.45) is 0 Å². The van der Waals surface area contributed by atoms with Gasteiger partial charge in [0.2, 0.25) is 0 Å². The summed E-state index contributed by atoms with van der Waals surface area (Å²) < 4.78 is 0. The maximum Gasteiger partial charge on any atom is 0.146 e. The molecule has 0 atom stereocenters. The summed E-state index contributed by atoms with van der Waals surface area (Å²) in [6.45, 7) is 18.2. The van der Waals surface area contributed by atoms with Gasteiger partial charge in [-0.15, -0.1) is 5.54 Å². The average molecular weight is 285 g/mol. The lowest BCUT2D eigenvalue weighted by atomic mass is 10.1. The van der Waals surface area contributed by atoms with Crippen LogP contribution in [0.1, 0.15) is 47.1 Å². The Labute approximate surface area is 126 Å². The molecule has 0 aromatic heterocycles. The first-order chi connectivity index (χ1) is 9.32. The highest BCUT2D eigenvalue weighted by Gasteiger charge is 2.41. The molecule has 0 amide bonds. The van der Waals surface area contributed by atoms with Gasteiger partial charge in [0.15, 0.2) is 0 Å². The fourth-order valence-corrected chi connectivity index (χ4v) is 8.56. The third-order valence-electron chi connectivity index (χ3n) is 4.42. The lowest BCUT2D eigenvalue weighted by Gasteiger charge is -2.38. The molecule has 0 saturated heterocycles. The highest BCUT2D eigenvalue weighted by Crippen LogP contribution is 2.40. The molecule has 0 N–H and O–H groups in total. The Balaban J connectivity index is 3.15. The standard InChI is InChI=1S/C19H28Si/c1-15(2)20(16(3)4,17(5)6)14-13-18(7)19-11-9-8-10-12-19/h8-12,15-17H,7H2,1-6H3. The van der Waals surface area contributed by atoms with Crippen molar-refractivity contribution in [3.05, 3.63) is 42.5 Å². The summed E-state index contributed by atoms with van der Waals surface area (Å²) >= 11 is 0. The van der Waals surface area contributed by atoms with Crippen molar-refractivity contribution in [2.45, 2.75) is 58.2 Å². The van der Waals surface area contributed by atoms with Crippen molar-refractivity contribution in [1.82, 2.24) is 0 Å². The van der Waals surface area contributed by atoms with Gasteiger partial charge in [-0.25, -0.2) is 0 Å². The highest BCUT2D eigenvalue weighted by molar-refractivity contribution is 6.90. The van der Waals surface area contributed by atoms with Gasteiger partial charge < -0.3 is 0 Å². The molecule has 1 aromatic rings. The Morgan fingerprint density at radius 3 is 1.75 bits per heavy atom. The molecule has 0 heterocycles. The summed E-state index contributed by atoms with van der Waals surface area (Å²) in [5.74, 6) is 3.40. The van der Waals surface area contributed by atoms with Crippen LogP contribution in [-0.4, -0.2) is 8.07 Å². The predicted molar refractivity (Wildman–Crippen MR) is 94.3 cm³/mol. The molecule has 0 spiro atoms. The van der Waals surface area contributed by atoms with Gasteiger partial charge in [-0.05, 0) is 22.2 Å². The number of allylic oxidation sites excluding steroid dienone is 1. The van der Waals surface area contributed by atoms with Crippen molar-refractivity contribution in [2.75, 3.05) is 0 Å². The van der Waals surface area contributed by atoms with E-state index in [9.17, 15) is 0 Å². The van der Waals surface area contributed by atoms with Crippen molar-refractivity contribution in [1.29, 1.82) is 0 Å². The summed E-state index contributed by atoms with van der Waals surface area (Å²) in [6.07, 6.45) is 0. The van der Waals surface area contributed by atoms with Crippen LogP contribution in [0.2, 0.25) is 16.6 Å². The third-order valence-corrected chi connectivity index (χ3v) is 10.7. The molecule has 0 saturated carbocycles. The molecule has 0 aliphatic carbocycles. The molecule has 0 bridgehead atoms. The Bertz CT molecular complexity index is 476. The van der Waals surface area contributed by atoms with Crippen LogP contribution in [0.25, 0.3) is 5.57 Å². The van der Waals surface area contributed by atoms with Gasteiger partial charge in [0.25, 0.3) is 0 Å². The van der Waals surface area contributed by atoms with Crippen LogP contribution < -0.4 is 0 Å². The summed E-state index contributed by atoms with van der Waals surface area (Å²) in [4.78, 5) is 0. The first kappa shape index (κ1) is 16.8. The number of benzene rings is 1. The maximum atomic E-state index is 4.15. The van der Waals surface area contributed by atoms with E-state index < -0.39 is 8.07 Å². The normalized spacial score (nSPS) is 11.7. The molecule has 0 radical (unpaired) electrons. The van der Waals surface area contributed by atoms with Crippen LogP contribution >= 0.6 is 0 Å².